The first-order valence-electron chi connectivity index (χ1n) is 6.60. The minimum atomic E-state index is -5.00. The summed E-state index contributed by atoms with van der Waals surface area (Å²) < 4.78 is 77.7. The normalized spacial score (nSPS) is 12.0. The first-order valence-corrected chi connectivity index (χ1v) is 8.25. The summed E-state index contributed by atoms with van der Waals surface area (Å²) in [6.07, 6.45) is -5.00. The maximum Gasteiger partial charge on any atom is 0.419 e. The van der Waals surface area contributed by atoms with Crippen molar-refractivity contribution < 1.29 is 30.9 Å². The molecular weight excluding hydrogens is 368 g/mol. The summed E-state index contributed by atoms with van der Waals surface area (Å²) in [4.78, 5) is 10.1. The van der Waals surface area contributed by atoms with Crippen molar-refractivity contribution in [2.75, 3.05) is 4.72 Å². The molecule has 0 spiro atoms. The molecule has 0 bridgehead atoms. The van der Waals surface area contributed by atoms with Crippen LogP contribution in [-0.4, -0.2) is 13.3 Å². The fourth-order valence-corrected chi connectivity index (χ4v) is 3.27. The third-order valence-electron chi connectivity index (χ3n) is 3.10. The third-order valence-corrected chi connectivity index (χ3v) is 4.33. The summed E-state index contributed by atoms with van der Waals surface area (Å²) >= 11 is 0. The van der Waals surface area contributed by atoms with Gasteiger partial charge in [-0.05, 0) is 12.1 Å². The van der Waals surface area contributed by atoms with Gasteiger partial charge in [-0.15, -0.1) is 0 Å². The van der Waals surface area contributed by atoms with E-state index in [1.807, 2.05) is 0 Å². The summed E-state index contributed by atoms with van der Waals surface area (Å²) in [5, 5.41) is 10.9. The lowest BCUT2D eigenvalue weighted by Gasteiger charge is -2.13. The molecule has 2 aromatic rings. The van der Waals surface area contributed by atoms with Crippen LogP contribution in [-0.2, 0) is 22.0 Å². The van der Waals surface area contributed by atoms with Crippen molar-refractivity contribution in [3.8, 4) is 0 Å². The number of nitro benzene ring substituents is 1. The van der Waals surface area contributed by atoms with Crippen molar-refractivity contribution in [1.29, 1.82) is 0 Å². The van der Waals surface area contributed by atoms with E-state index in [4.69, 9.17) is 0 Å². The first-order chi connectivity index (χ1) is 11.5. The van der Waals surface area contributed by atoms with Crippen LogP contribution in [0.3, 0.4) is 0 Å². The van der Waals surface area contributed by atoms with Crippen LogP contribution < -0.4 is 4.72 Å². The molecule has 11 heteroatoms. The van der Waals surface area contributed by atoms with Crippen molar-refractivity contribution in [3.63, 3.8) is 0 Å². The minimum Gasteiger partial charge on any atom is -0.280 e. The number of rotatable bonds is 5. The average molecular weight is 378 g/mol. The minimum absolute atomic E-state index is 0.188. The number of hydrogen-bond acceptors (Lipinski definition) is 4. The van der Waals surface area contributed by atoms with Crippen LogP contribution in [0.2, 0.25) is 0 Å². The highest BCUT2D eigenvalue weighted by Gasteiger charge is 2.35. The number of halogens is 4. The Balaban J connectivity index is 2.34. The number of benzene rings is 2. The SMILES string of the molecule is O=[N+]([O-])c1ccccc1CS(=O)(=O)Nc1cccc(C(F)(F)F)c1F. The maximum atomic E-state index is 13.9. The van der Waals surface area contributed by atoms with E-state index in [9.17, 15) is 36.1 Å². The number of anilines is 1. The van der Waals surface area contributed by atoms with E-state index in [1.165, 1.54) is 18.2 Å². The lowest BCUT2D eigenvalue weighted by molar-refractivity contribution is -0.385. The predicted molar refractivity (Wildman–Crippen MR) is 80.7 cm³/mol. The molecule has 25 heavy (non-hydrogen) atoms. The molecule has 0 atom stereocenters. The Morgan fingerprint density at radius 1 is 1.08 bits per heavy atom. The molecule has 0 aliphatic heterocycles. The van der Waals surface area contributed by atoms with Gasteiger partial charge in [0.25, 0.3) is 5.69 Å². The topological polar surface area (TPSA) is 89.3 Å². The van der Waals surface area contributed by atoms with Crippen molar-refractivity contribution in [1.82, 2.24) is 0 Å². The van der Waals surface area contributed by atoms with Gasteiger partial charge < -0.3 is 0 Å². The molecule has 0 unspecified atom stereocenters. The highest BCUT2D eigenvalue weighted by Crippen LogP contribution is 2.34. The molecule has 2 rings (SSSR count). The van der Waals surface area contributed by atoms with Crippen molar-refractivity contribution in [2.24, 2.45) is 0 Å². The van der Waals surface area contributed by atoms with E-state index in [-0.39, 0.29) is 5.56 Å². The Bertz CT molecular complexity index is 913. The van der Waals surface area contributed by atoms with Gasteiger partial charge in [0, 0.05) is 11.6 Å². The Labute approximate surface area is 139 Å². The second-order valence-corrected chi connectivity index (χ2v) is 6.63. The first kappa shape index (κ1) is 18.6. The van der Waals surface area contributed by atoms with E-state index in [2.05, 4.69) is 0 Å². The lowest BCUT2D eigenvalue weighted by Crippen LogP contribution is -2.18. The smallest absolute Gasteiger partial charge is 0.280 e. The van der Waals surface area contributed by atoms with Gasteiger partial charge in [0.2, 0.25) is 10.0 Å². The van der Waals surface area contributed by atoms with Gasteiger partial charge in [-0.1, -0.05) is 24.3 Å². The highest BCUT2D eigenvalue weighted by atomic mass is 32.2. The standard InChI is InChI=1S/C14H10F4N2O4S/c15-13-10(14(16,17)18)5-3-6-11(13)19-25(23,24)8-9-4-1-2-7-12(9)20(21)22/h1-7,19H,8H2. The van der Waals surface area contributed by atoms with Crippen LogP contribution in [0.15, 0.2) is 42.5 Å². The summed E-state index contributed by atoms with van der Waals surface area (Å²) in [6.45, 7) is 0. The fraction of sp³-hybridized carbons (Fsp3) is 0.143. The monoisotopic (exact) mass is 378 g/mol. The van der Waals surface area contributed by atoms with Crippen LogP contribution in [0.25, 0.3) is 0 Å². The number of sulfonamides is 1. The summed E-state index contributed by atoms with van der Waals surface area (Å²) in [5.74, 6) is -2.68. The maximum absolute atomic E-state index is 13.9. The molecule has 1 N–H and O–H groups in total. The number of nitrogens with zero attached hydrogens (tertiary/aromatic N) is 1. The van der Waals surface area contributed by atoms with Gasteiger partial charge >= 0.3 is 6.18 Å². The van der Waals surface area contributed by atoms with Gasteiger partial charge in [0.05, 0.1) is 16.2 Å². The molecule has 0 aliphatic rings. The van der Waals surface area contributed by atoms with E-state index >= 15 is 0 Å². The average Bonchev–Trinajstić information content (AvgIpc) is 2.48. The van der Waals surface area contributed by atoms with E-state index in [0.717, 1.165) is 18.2 Å². The lowest BCUT2D eigenvalue weighted by atomic mass is 10.2. The fourth-order valence-electron chi connectivity index (χ4n) is 2.05. The number of alkyl halides is 3. The Morgan fingerprint density at radius 2 is 1.72 bits per heavy atom. The number of nitrogens with one attached hydrogen (secondary N) is 1. The summed E-state index contributed by atoms with van der Waals surface area (Å²) in [5.41, 5.74) is -3.18. The van der Waals surface area contributed by atoms with Crippen LogP contribution in [0.4, 0.5) is 28.9 Å². The molecule has 2 aromatic carbocycles. The molecular formula is C14H10F4N2O4S. The largest absolute Gasteiger partial charge is 0.419 e. The number of hydrogen-bond donors (Lipinski definition) is 1. The Kier molecular flexibility index (Phi) is 4.97. The second-order valence-electron chi connectivity index (χ2n) is 4.91. The molecule has 0 saturated carbocycles. The zero-order chi connectivity index (χ0) is 18.8. The summed E-state index contributed by atoms with van der Waals surface area (Å²) in [7, 11) is -4.39. The van der Waals surface area contributed by atoms with E-state index < -0.39 is 49.6 Å². The van der Waals surface area contributed by atoms with Crippen molar-refractivity contribution >= 4 is 21.4 Å². The molecule has 134 valence electrons. The molecule has 0 heterocycles. The highest BCUT2D eigenvalue weighted by molar-refractivity contribution is 7.91. The molecule has 6 nitrogen and oxygen atoms in total. The molecule has 0 radical (unpaired) electrons. The zero-order valence-corrected chi connectivity index (χ0v) is 13.1. The van der Waals surface area contributed by atoms with Gasteiger partial charge in [-0.3, -0.25) is 14.8 Å². The number of nitro groups is 1. The molecule has 0 amide bonds. The van der Waals surface area contributed by atoms with Gasteiger partial charge in [0.1, 0.15) is 5.75 Å². The van der Waals surface area contributed by atoms with E-state index in [1.54, 1.807) is 4.72 Å². The van der Waals surface area contributed by atoms with Crippen molar-refractivity contribution in [3.05, 3.63) is 69.5 Å². The number of para-hydroxylation sites is 1. The van der Waals surface area contributed by atoms with E-state index in [0.29, 0.717) is 6.07 Å². The van der Waals surface area contributed by atoms with Crippen LogP contribution in [0.1, 0.15) is 11.1 Å². The predicted octanol–water partition coefficient (Wildman–Crippen LogP) is 3.69. The Hall–Kier alpha value is -2.69. The Morgan fingerprint density at radius 3 is 2.32 bits per heavy atom. The van der Waals surface area contributed by atoms with Crippen molar-refractivity contribution in [2.45, 2.75) is 11.9 Å². The second kappa shape index (κ2) is 6.67. The van der Waals surface area contributed by atoms with Crippen LogP contribution in [0.5, 0.6) is 0 Å². The van der Waals surface area contributed by atoms with Crippen LogP contribution in [0, 0.1) is 15.9 Å². The molecule has 0 saturated heterocycles. The third kappa shape index (κ3) is 4.44. The molecule has 0 aromatic heterocycles. The molecule has 0 fully saturated rings. The van der Waals surface area contributed by atoms with Gasteiger partial charge in [-0.25, -0.2) is 12.8 Å². The molecule has 0 aliphatic carbocycles. The van der Waals surface area contributed by atoms with Crippen LogP contribution >= 0.6 is 0 Å². The summed E-state index contributed by atoms with van der Waals surface area (Å²) in [6, 6.07) is 7.08. The van der Waals surface area contributed by atoms with Gasteiger partial charge in [-0.2, -0.15) is 13.2 Å². The zero-order valence-electron chi connectivity index (χ0n) is 12.2. The van der Waals surface area contributed by atoms with Gasteiger partial charge in [0.15, 0.2) is 5.82 Å². The quantitative estimate of drug-likeness (QED) is 0.488.